The van der Waals surface area contributed by atoms with Crippen molar-refractivity contribution in [1.82, 2.24) is 19.7 Å². The topological polar surface area (TPSA) is 81.0 Å². The number of rotatable bonds is 6. The van der Waals surface area contributed by atoms with Crippen LogP contribution in [0, 0.1) is 5.82 Å². The summed E-state index contributed by atoms with van der Waals surface area (Å²) in [5.41, 5.74) is 2.46. The first-order valence-electron chi connectivity index (χ1n) is 10.7. The van der Waals surface area contributed by atoms with E-state index in [-0.39, 0.29) is 23.3 Å². The second-order valence-electron chi connectivity index (χ2n) is 7.98. The summed E-state index contributed by atoms with van der Waals surface area (Å²) in [7, 11) is 0. The van der Waals surface area contributed by atoms with Gasteiger partial charge in [-0.3, -0.25) is 14.2 Å². The lowest BCUT2D eigenvalue weighted by molar-refractivity contribution is 0.0951. The highest BCUT2D eigenvalue weighted by Gasteiger charge is 2.24. The summed E-state index contributed by atoms with van der Waals surface area (Å²) in [4.78, 5) is 25.4. The molecule has 1 aliphatic rings. The standard InChI is InChI=1S/C24H21ClFN5O2/c1-2-30-22(32)12-20(18-13-27-31(24(18)30)17-8-4-15(26)5-9-17)29-21-11-14(3-10-19(21)25)23(33)28-16-6-7-16/h3-5,8-13,16,29H,2,6-7H2,1H3,(H,28,33). The second kappa shape index (κ2) is 8.37. The maximum absolute atomic E-state index is 13.4. The maximum Gasteiger partial charge on any atom is 0.254 e. The molecule has 1 amide bonds. The van der Waals surface area contributed by atoms with Crippen LogP contribution in [-0.2, 0) is 6.54 Å². The van der Waals surface area contributed by atoms with Gasteiger partial charge in [0, 0.05) is 24.2 Å². The van der Waals surface area contributed by atoms with Gasteiger partial charge in [-0.15, -0.1) is 0 Å². The number of halogens is 2. The van der Waals surface area contributed by atoms with Crippen molar-refractivity contribution in [1.29, 1.82) is 0 Å². The Labute approximate surface area is 193 Å². The highest BCUT2D eigenvalue weighted by atomic mass is 35.5. The molecular formula is C24H21ClFN5O2. The predicted octanol–water partition coefficient (Wildman–Crippen LogP) is 4.64. The van der Waals surface area contributed by atoms with Gasteiger partial charge in [-0.05, 0) is 62.2 Å². The predicted molar refractivity (Wildman–Crippen MR) is 126 cm³/mol. The molecule has 2 heterocycles. The van der Waals surface area contributed by atoms with Gasteiger partial charge in [-0.25, -0.2) is 9.07 Å². The number of nitrogens with zero attached hydrogens (tertiary/aromatic N) is 3. The van der Waals surface area contributed by atoms with Crippen molar-refractivity contribution in [2.24, 2.45) is 0 Å². The molecule has 2 aromatic carbocycles. The fourth-order valence-corrected chi connectivity index (χ4v) is 3.92. The molecule has 5 rings (SSSR count). The summed E-state index contributed by atoms with van der Waals surface area (Å²) < 4.78 is 16.6. The van der Waals surface area contributed by atoms with Gasteiger partial charge < -0.3 is 10.6 Å². The lowest BCUT2D eigenvalue weighted by Gasteiger charge is -2.14. The molecule has 9 heteroatoms. The Morgan fingerprint density at radius 2 is 1.91 bits per heavy atom. The average molecular weight is 466 g/mol. The Hall–Kier alpha value is -3.65. The van der Waals surface area contributed by atoms with Crippen LogP contribution in [0.4, 0.5) is 15.8 Å². The summed E-state index contributed by atoms with van der Waals surface area (Å²) in [6.45, 7) is 2.30. The first-order valence-corrected chi connectivity index (χ1v) is 11.1. The normalized spacial score (nSPS) is 13.3. The van der Waals surface area contributed by atoms with Crippen molar-refractivity contribution in [3.63, 3.8) is 0 Å². The number of fused-ring (bicyclic) bond motifs is 1. The van der Waals surface area contributed by atoms with E-state index >= 15 is 0 Å². The Bertz CT molecular complexity index is 1420. The number of hydrogen-bond acceptors (Lipinski definition) is 4. The lowest BCUT2D eigenvalue weighted by Crippen LogP contribution is -2.25. The molecular weight excluding hydrogens is 445 g/mol. The van der Waals surface area contributed by atoms with Gasteiger partial charge in [0.25, 0.3) is 11.5 Å². The number of carbonyl (C=O) groups excluding carboxylic acids is 1. The second-order valence-corrected chi connectivity index (χ2v) is 8.39. The quantitative estimate of drug-likeness (QED) is 0.435. The van der Waals surface area contributed by atoms with Crippen molar-refractivity contribution < 1.29 is 9.18 Å². The van der Waals surface area contributed by atoms with Crippen LogP contribution in [0.5, 0.6) is 0 Å². The summed E-state index contributed by atoms with van der Waals surface area (Å²) in [5, 5.41) is 11.7. The van der Waals surface area contributed by atoms with Gasteiger partial charge in [0.05, 0.1) is 33.7 Å². The van der Waals surface area contributed by atoms with Crippen molar-refractivity contribution in [3.05, 3.63) is 81.5 Å². The van der Waals surface area contributed by atoms with Crippen LogP contribution in [0.15, 0.2) is 59.5 Å². The van der Waals surface area contributed by atoms with E-state index in [2.05, 4.69) is 15.7 Å². The van der Waals surface area contributed by atoms with E-state index in [0.29, 0.717) is 45.2 Å². The van der Waals surface area contributed by atoms with Crippen LogP contribution in [0.3, 0.4) is 0 Å². The summed E-state index contributed by atoms with van der Waals surface area (Å²) >= 11 is 6.40. The molecule has 2 N–H and O–H groups in total. The molecule has 0 radical (unpaired) electrons. The molecule has 0 unspecified atom stereocenters. The number of anilines is 2. The van der Waals surface area contributed by atoms with Crippen molar-refractivity contribution >= 4 is 39.9 Å². The lowest BCUT2D eigenvalue weighted by atomic mass is 10.1. The highest BCUT2D eigenvalue weighted by Crippen LogP contribution is 2.31. The largest absolute Gasteiger partial charge is 0.353 e. The van der Waals surface area contributed by atoms with Crippen LogP contribution >= 0.6 is 11.6 Å². The summed E-state index contributed by atoms with van der Waals surface area (Å²) in [5.74, 6) is -0.515. The minimum absolute atomic E-state index is 0.159. The molecule has 0 bridgehead atoms. The molecule has 1 aliphatic carbocycles. The van der Waals surface area contributed by atoms with Crippen molar-refractivity contribution in [3.8, 4) is 5.69 Å². The number of amides is 1. The summed E-state index contributed by atoms with van der Waals surface area (Å²) in [6.07, 6.45) is 3.63. The number of aromatic nitrogens is 3. The van der Waals surface area contributed by atoms with Crippen LogP contribution in [0.2, 0.25) is 5.02 Å². The zero-order valence-corrected chi connectivity index (χ0v) is 18.6. The zero-order chi connectivity index (χ0) is 23.1. The molecule has 7 nitrogen and oxygen atoms in total. The fourth-order valence-electron chi connectivity index (χ4n) is 3.76. The van der Waals surface area contributed by atoms with Crippen LogP contribution in [0.25, 0.3) is 16.7 Å². The molecule has 168 valence electrons. The van der Waals surface area contributed by atoms with Crippen molar-refractivity contribution in [2.75, 3.05) is 5.32 Å². The van der Waals surface area contributed by atoms with Crippen molar-refractivity contribution in [2.45, 2.75) is 32.4 Å². The van der Waals surface area contributed by atoms with E-state index in [9.17, 15) is 14.0 Å². The van der Waals surface area contributed by atoms with E-state index < -0.39 is 0 Å². The summed E-state index contributed by atoms with van der Waals surface area (Å²) in [6, 6.07) is 12.6. The molecule has 0 spiro atoms. The average Bonchev–Trinajstić information content (AvgIpc) is 3.51. The Balaban J connectivity index is 1.59. The fraction of sp³-hybridized carbons (Fsp3) is 0.208. The highest BCUT2D eigenvalue weighted by molar-refractivity contribution is 6.33. The molecule has 1 saturated carbocycles. The van der Waals surface area contributed by atoms with Gasteiger partial charge in [0.1, 0.15) is 11.5 Å². The third-order valence-corrected chi connectivity index (χ3v) is 5.95. The molecule has 2 aromatic heterocycles. The first kappa shape index (κ1) is 21.2. The Kier molecular flexibility index (Phi) is 5.38. The Morgan fingerprint density at radius 3 is 2.61 bits per heavy atom. The van der Waals surface area contributed by atoms with Gasteiger partial charge >= 0.3 is 0 Å². The van der Waals surface area contributed by atoms with Gasteiger partial charge in [-0.2, -0.15) is 5.10 Å². The molecule has 0 aliphatic heterocycles. The zero-order valence-electron chi connectivity index (χ0n) is 17.8. The minimum atomic E-state index is -0.356. The number of pyridine rings is 1. The number of aryl methyl sites for hydroxylation is 1. The van der Waals surface area contributed by atoms with Gasteiger partial charge in [0.2, 0.25) is 0 Å². The molecule has 0 atom stereocenters. The molecule has 4 aromatic rings. The number of carbonyl (C=O) groups is 1. The third kappa shape index (κ3) is 4.09. The first-order chi connectivity index (χ1) is 15.9. The van der Waals surface area contributed by atoms with E-state index in [4.69, 9.17) is 11.6 Å². The smallest absolute Gasteiger partial charge is 0.254 e. The van der Waals surface area contributed by atoms with Gasteiger partial charge in [-0.1, -0.05) is 11.6 Å². The monoisotopic (exact) mass is 465 g/mol. The third-order valence-electron chi connectivity index (χ3n) is 5.62. The van der Waals surface area contributed by atoms with E-state index in [1.807, 2.05) is 6.92 Å². The van der Waals surface area contributed by atoms with Gasteiger partial charge in [0.15, 0.2) is 0 Å². The number of nitrogens with one attached hydrogen (secondary N) is 2. The number of benzene rings is 2. The minimum Gasteiger partial charge on any atom is -0.353 e. The molecule has 33 heavy (non-hydrogen) atoms. The van der Waals surface area contributed by atoms with Crippen LogP contribution < -0.4 is 16.2 Å². The van der Waals surface area contributed by atoms with Crippen LogP contribution in [-0.4, -0.2) is 26.3 Å². The molecule has 0 saturated heterocycles. The van der Waals surface area contributed by atoms with Crippen LogP contribution in [0.1, 0.15) is 30.1 Å². The maximum atomic E-state index is 13.4. The van der Waals surface area contributed by atoms with E-state index in [1.165, 1.54) is 18.2 Å². The Morgan fingerprint density at radius 1 is 1.15 bits per heavy atom. The molecule has 1 fully saturated rings. The number of hydrogen-bond donors (Lipinski definition) is 2. The van der Waals surface area contributed by atoms with E-state index in [1.54, 1.807) is 45.8 Å². The SMILES string of the molecule is CCn1c(=O)cc(Nc2cc(C(=O)NC3CC3)ccc2Cl)c2cnn(-c3ccc(F)cc3)c21. The van der Waals surface area contributed by atoms with E-state index in [0.717, 1.165) is 12.8 Å².